The molecule has 29 heavy (non-hydrogen) atoms. The first-order valence-electron chi connectivity index (χ1n) is 10.3. The highest BCUT2D eigenvalue weighted by atomic mass is 16.2. The number of carbonyl (C=O) groups is 2. The van der Waals surface area contributed by atoms with Crippen molar-refractivity contribution in [3.63, 3.8) is 0 Å². The molecule has 0 unspecified atom stereocenters. The van der Waals surface area contributed by atoms with Gasteiger partial charge in [-0.15, -0.1) is 0 Å². The van der Waals surface area contributed by atoms with Gasteiger partial charge in [-0.2, -0.15) is 5.10 Å². The first-order valence-corrected chi connectivity index (χ1v) is 10.3. The van der Waals surface area contributed by atoms with E-state index in [9.17, 15) is 9.59 Å². The zero-order valence-electron chi connectivity index (χ0n) is 17.6. The van der Waals surface area contributed by atoms with E-state index in [1.54, 1.807) is 0 Å². The fraction of sp³-hybridized carbons (Fsp3) is 0.375. The highest BCUT2D eigenvalue weighted by molar-refractivity contribution is 6.01. The molecule has 0 bridgehead atoms. The number of hydrogen-bond acceptors (Lipinski definition) is 3. The smallest absolute Gasteiger partial charge is 0.240 e. The highest BCUT2D eigenvalue weighted by Gasteiger charge is 2.10. The lowest BCUT2D eigenvalue weighted by Gasteiger charge is -2.09. The first kappa shape index (κ1) is 22.3. The molecular weight excluding hydrogens is 362 g/mol. The first-order chi connectivity index (χ1) is 14.0. The number of rotatable bonds is 10. The van der Waals surface area contributed by atoms with Crippen LogP contribution in [0.5, 0.6) is 0 Å². The van der Waals surface area contributed by atoms with Gasteiger partial charge >= 0.3 is 0 Å². The Bertz CT molecular complexity index is 844. The van der Waals surface area contributed by atoms with Gasteiger partial charge in [0.1, 0.15) is 0 Å². The Hall–Kier alpha value is -2.95. The SMILES string of the molecule is CCCCC/C(=N\NC(=O)CCC(=O)Nc1cc(C)ccc1C)c1ccccc1. The number of benzene rings is 2. The van der Waals surface area contributed by atoms with Crippen LogP contribution in [0.4, 0.5) is 5.69 Å². The molecule has 2 amide bonds. The third-order valence-electron chi connectivity index (χ3n) is 4.69. The largest absolute Gasteiger partial charge is 0.326 e. The summed E-state index contributed by atoms with van der Waals surface area (Å²) < 4.78 is 0. The molecule has 5 heteroatoms. The summed E-state index contributed by atoms with van der Waals surface area (Å²) in [6, 6.07) is 15.8. The summed E-state index contributed by atoms with van der Waals surface area (Å²) in [5.41, 5.74) is 7.36. The van der Waals surface area contributed by atoms with E-state index in [1.807, 2.05) is 62.4 Å². The highest BCUT2D eigenvalue weighted by Crippen LogP contribution is 2.16. The summed E-state index contributed by atoms with van der Waals surface area (Å²) in [4.78, 5) is 24.4. The van der Waals surface area contributed by atoms with Crippen LogP contribution in [0.1, 0.15) is 62.1 Å². The van der Waals surface area contributed by atoms with Gasteiger partial charge in [-0.25, -0.2) is 5.43 Å². The molecule has 0 heterocycles. The zero-order valence-corrected chi connectivity index (χ0v) is 17.6. The van der Waals surface area contributed by atoms with Crippen molar-refractivity contribution in [1.29, 1.82) is 0 Å². The van der Waals surface area contributed by atoms with E-state index in [1.165, 1.54) is 0 Å². The molecule has 0 atom stereocenters. The van der Waals surface area contributed by atoms with E-state index in [0.717, 1.165) is 53.8 Å². The number of amides is 2. The molecule has 0 aromatic heterocycles. The lowest BCUT2D eigenvalue weighted by atomic mass is 10.0. The Morgan fingerprint density at radius 3 is 2.34 bits per heavy atom. The van der Waals surface area contributed by atoms with Gasteiger partial charge in [0.05, 0.1) is 5.71 Å². The molecular formula is C24H31N3O2. The van der Waals surface area contributed by atoms with Crippen molar-refractivity contribution in [2.75, 3.05) is 5.32 Å². The molecule has 0 aliphatic carbocycles. The molecule has 0 spiro atoms. The maximum atomic E-state index is 12.2. The standard InChI is InChI=1S/C24H31N3O2/c1-4-5-7-12-21(20-10-8-6-9-11-20)26-27-24(29)16-15-23(28)25-22-17-18(2)13-14-19(22)3/h6,8-11,13-14,17H,4-5,7,12,15-16H2,1-3H3,(H,25,28)(H,27,29)/b26-21+. The zero-order chi connectivity index (χ0) is 21.1. The van der Waals surface area contributed by atoms with Crippen molar-refractivity contribution in [2.45, 2.75) is 59.3 Å². The van der Waals surface area contributed by atoms with Crippen LogP contribution in [0.3, 0.4) is 0 Å². The van der Waals surface area contributed by atoms with Crippen molar-refractivity contribution in [3.05, 3.63) is 65.2 Å². The minimum absolute atomic E-state index is 0.0945. The summed E-state index contributed by atoms with van der Waals surface area (Å²) >= 11 is 0. The average molecular weight is 394 g/mol. The average Bonchev–Trinajstić information content (AvgIpc) is 2.72. The van der Waals surface area contributed by atoms with Gasteiger partial charge in [0.15, 0.2) is 0 Å². The third kappa shape index (κ3) is 7.90. The Morgan fingerprint density at radius 1 is 0.897 bits per heavy atom. The summed E-state index contributed by atoms with van der Waals surface area (Å²) in [6.45, 7) is 6.08. The van der Waals surface area contributed by atoms with Crippen molar-refractivity contribution in [1.82, 2.24) is 5.43 Å². The summed E-state index contributed by atoms with van der Waals surface area (Å²) in [5.74, 6) is -0.436. The molecule has 2 aromatic rings. The van der Waals surface area contributed by atoms with Gasteiger partial charge in [-0.3, -0.25) is 9.59 Å². The van der Waals surface area contributed by atoms with Crippen LogP contribution >= 0.6 is 0 Å². The topological polar surface area (TPSA) is 70.6 Å². The van der Waals surface area contributed by atoms with E-state index in [-0.39, 0.29) is 24.7 Å². The van der Waals surface area contributed by atoms with Gasteiger partial charge in [0, 0.05) is 18.5 Å². The third-order valence-corrected chi connectivity index (χ3v) is 4.69. The van der Waals surface area contributed by atoms with Gasteiger partial charge in [-0.1, -0.05) is 62.2 Å². The quantitative estimate of drug-likeness (QED) is 0.334. The molecule has 0 fully saturated rings. The van der Waals surface area contributed by atoms with Crippen molar-refractivity contribution >= 4 is 23.2 Å². The Balaban J connectivity index is 1.88. The fourth-order valence-electron chi connectivity index (χ4n) is 2.93. The van der Waals surface area contributed by atoms with Crippen molar-refractivity contribution in [2.24, 2.45) is 5.10 Å². The second kappa shape index (κ2) is 11.8. The van der Waals surface area contributed by atoms with Gasteiger partial charge in [-0.05, 0) is 49.4 Å². The van der Waals surface area contributed by atoms with Crippen LogP contribution in [0, 0.1) is 13.8 Å². The van der Waals surface area contributed by atoms with E-state index in [4.69, 9.17) is 0 Å². The van der Waals surface area contributed by atoms with Gasteiger partial charge in [0.25, 0.3) is 0 Å². The summed E-state index contributed by atoms with van der Waals surface area (Å²) in [7, 11) is 0. The monoisotopic (exact) mass is 393 g/mol. The minimum Gasteiger partial charge on any atom is -0.326 e. The molecule has 2 N–H and O–H groups in total. The molecule has 0 saturated heterocycles. The number of hydrazone groups is 1. The molecule has 2 aromatic carbocycles. The van der Waals surface area contributed by atoms with E-state index >= 15 is 0 Å². The molecule has 0 radical (unpaired) electrons. The molecule has 0 aliphatic heterocycles. The Morgan fingerprint density at radius 2 is 1.62 bits per heavy atom. The van der Waals surface area contributed by atoms with Crippen LogP contribution in [-0.4, -0.2) is 17.5 Å². The van der Waals surface area contributed by atoms with Crippen molar-refractivity contribution < 1.29 is 9.59 Å². The second-order valence-electron chi connectivity index (χ2n) is 7.28. The maximum Gasteiger partial charge on any atom is 0.240 e. The van der Waals surface area contributed by atoms with Gasteiger partial charge < -0.3 is 5.32 Å². The molecule has 5 nitrogen and oxygen atoms in total. The summed E-state index contributed by atoms with van der Waals surface area (Å²) in [6.07, 6.45) is 4.30. The molecule has 154 valence electrons. The number of nitrogens with one attached hydrogen (secondary N) is 2. The predicted molar refractivity (Wildman–Crippen MR) is 119 cm³/mol. The van der Waals surface area contributed by atoms with E-state index in [2.05, 4.69) is 22.8 Å². The number of carbonyl (C=O) groups excluding carboxylic acids is 2. The molecule has 2 rings (SSSR count). The van der Waals surface area contributed by atoms with Gasteiger partial charge in [0.2, 0.25) is 11.8 Å². The lowest BCUT2D eigenvalue weighted by Crippen LogP contribution is -2.22. The number of hydrogen-bond donors (Lipinski definition) is 2. The second-order valence-corrected chi connectivity index (χ2v) is 7.28. The normalized spacial score (nSPS) is 11.2. The summed E-state index contributed by atoms with van der Waals surface area (Å²) in [5, 5.41) is 7.22. The predicted octanol–water partition coefficient (Wildman–Crippen LogP) is 5.12. The van der Waals surface area contributed by atoms with Crippen LogP contribution in [0.15, 0.2) is 53.6 Å². The molecule has 0 saturated carbocycles. The van der Waals surface area contributed by atoms with E-state index < -0.39 is 0 Å². The Labute approximate surface area is 173 Å². The lowest BCUT2D eigenvalue weighted by molar-refractivity contribution is -0.124. The number of anilines is 1. The van der Waals surface area contributed by atoms with Crippen LogP contribution in [0.2, 0.25) is 0 Å². The fourth-order valence-corrected chi connectivity index (χ4v) is 2.93. The minimum atomic E-state index is -0.259. The van der Waals surface area contributed by atoms with Crippen LogP contribution in [0.25, 0.3) is 0 Å². The van der Waals surface area contributed by atoms with E-state index in [0.29, 0.717) is 0 Å². The number of aryl methyl sites for hydroxylation is 2. The molecule has 0 aliphatic rings. The van der Waals surface area contributed by atoms with Crippen LogP contribution in [-0.2, 0) is 9.59 Å². The van der Waals surface area contributed by atoms with Crippen molar-refractivity contribution in [3.8, 4) is 0 Å². The number of unbranched alkanes of at least 4 members (excludes halogenated alkanes) is 2. The number of nitrogens with zero attached hydrogens (tertiary/aromatic N) is 1. The van der Waals surface area contributed by atoms with Crippen LogP contribution < -0.4 is 10.7 Å². The Kier molecular flexibility index (Phi) is 9.09. The maximum absolute atomic E-state index is 12.2.